The molecule has 1 saturated heterocycles. The zero-order chi connectivity index (χ0) is 21.9. The van der Waals surface area contributed by atoms with E-state index in [0.29, 0.717) is 17.9 Å². The number of carbonyl (C=O) groups excluding carboxylic acids is 1. The second-order valence-corrected chi connectivity index (χ2v) is 9.65. The van der Waals surface area contributed by atoms with Gasteiger partial charge in [-0.3, -0.25) is 4.79 Å². The quantitative estimate of drug-likeness (QED) is 0.768. The van der Waals surface area contributed by atoms with Gasteiger partial charge in [0.25, 0.3) is 5.91 Å². The lowest BCUT2D eigenvalue weighted by Gasteiger charge is -2.30. The first-order valence-corrected chi connectivity index (χ1v) is 11.9. The molecule has 5 rings (SSSR count). The van der Waals surface area contributed by atoms with Crippen molar-refractivity contribution in [2.75, 3.05) is 26.2 Å². The van der Waals surface area contributed by atoms with Crippen LogP contribution in [0.2, 0.25) is 0 Å². The topological polar surface area (TPSA) is 65.4 Å². The molecular formula is C27H31N3O2. The number of nitrogens with one attached hydrogen (secondary N) is 1. The Balaban J connectivity index is 1.08. The molecule has 0 spiro atoms. The van der Waals surface area contributed by atoms with Gasteiger partial charge in [0.15, 0.2) is 0 Å². The predicted octanol–water partition coefficient (Wildman–Crippen LogP) is 4.34. The first kappa shape index (κ1) is 21.0. The summed E-state index contributed by atoms with van der Waals surface area (Å²) in [5.41, 5.74) is 2.69. The smallest absolute Gasteiger partial charge is 0.251 e. The van der Waals surface area contributed by atoms with Crippen molar-refractivity contribution in [1.29, 1.82) is 5.26 Å². The lowest BCUT2D eigenvalue weighted by atomic mass is 9.84. The first-order valence-electron chi connectivity index (χ1n) is 11.9. The van der Waals surface area contributed by atoms with Crippen molar-refractivity contribution in [2.45, 2.75) is 44.1 Å². The van der Waals surface area contributed by atoms with E-state index >= 15 is 0 Å². The van der Waals surface area contributed by atoms with Crippen LogP contribution >= 0.6 is 0 Å². The lowest BCUT2D eigenvalue weighted by molar-refractivity contribution is 0.0920. The summed E-state index contributed by atoms with van der Waals surface area (Å²) >= 11 is 0. The van der Waals surface area contributed by atoms with Gasteiger partial charge in [0.2, 0.25) is 0 Å². The SMILES string of the molecule is N#Cc1ccc2c(c1)[C@@H]1CN(CCC3CCC(NC(=O)c4ccccc4)CC3)C[C@H]1CO2. The molecule has 2 aromatic carbocycles. The molecule has 2 aromatic rings. The number of nitriles is 1. The molecule has 0 radical (unpaired) electrons. The normalized spacial score (nSPS) is 27.0. The lowest BCUT2D eigenvalue weighted by Crippen LogP contribution is -2.38. The fourth-order valence-electron chi connectivity index (χ4n) is 5.72. The maximum Gasteiger partial charge on any atom is 0.251 e. The predicted molar refractivity (Wildman–Crippen MR) is 124 cm³/mol. The van der Waals surface area contributed by atoms with E-state index < -0.39 is 0 Å². The Hall–Kier alpha value is -2.84. The standard InChI is InChI=1S/C27H31N3O2/c28-15-20-8-11-26-24(14-20)25-17-30(16-22(25)18-32-26)13-12-19-6-9-23(10-7-19)29-27(31)21-4-2-1-3-5-21/h1-5,8,11,14,19,22-23,25H,6-7,9-10,12-13,16-18H2,(H,29,31)/t19?,22-,23?,25+/m0/s1. The minimum Gasteiger partial charge on any atom is -0.493 e. The van der Waals surface area contributed by atoms with Gasteiger partial charge in [0.1, 0.15) is 5.75 Å². The van der Waals surface area contributed by atoms with Crippen molar-refractivity contribution < 1.29 is 9.53 Å². The molecular weight excluding hydrogens is 398 g/mol. The van der Waals surface area contributed by atoms with E-state index in [4.69, 9.17) is 4.74 Å². The number of benzene rings is 2. The zero-order valence-electron chi connectivity index (χ0n) is 18.5. The van der Waals surface area contributed by atoms with Gasteiger partial charge in [0.05, 0.1) is 18.2 Å². The highest BCUT2D eigenvalue weighted by molar-refractivity contribution is 5.94. The van der Waals surface area contributed by atoms with Gasteiger partial charge in [-0.05, 0) is 74.9 Å². The van der Waals surface area contributed by atoms with Crippen LogP contribution in [-0.4, -0.2) is 43.1 Å². The third-order valence-corrected chi connectivity index (χ3v) is 7.58. The molecule has 2 aliphatic heterocycles. The van der Waals surface area contributed by atoms with E-state index in [9.17, 15) is 10.1 Å². The van der Waals surface area contributed by atoms with Gasteiger partial charge in [-0.15, -0.1) is 0 Å². The van der Waals surface area contributed by atoms with E-state index in [1.807, 2.05) is 48.5 Å². The number of likely N-dealkylation sites (tertiary alicyclic amines) is 1. The molecule has 1 aliphatic carbocycles. The van der Waals surface area contributed by atoms with Gasteiger partial charge in [0, 0.05) is 42.1 Å². The average molecular weight is 430 g/mol. The van der Waals surface area contributed by atoms with Gasteiger partial charge in [-0.2, -0.15) is 5.26 Å². The highest BCUT2D eigenvalue weighted by Crippen LogP contribution is 2.42. The summed E-state index contributed by atoms with van der Waals surface area (Å²) < 4.78 is 5.98. The number of amides is 1. The van der Waals surface area contributed by atoms with Crippen LogP contribution in [0.3, 0.4) is 0 Å². The molecule has 5 heteroatoms. The Morgan fingerprint density at radius 2 is 1.91 bits per heavy atom. The van der Waals surface area contributed by atoms with Crippen molar-refractivity contribution in [2.24, 2.45) is 11.8 Å². The van der Waals surface area contributed by atoms with Crippen molar-refractivity contribution in [1.82, 2.24) is 10.2 Å². The van der Waals surface area contributed by atoms with Crippen molar-refractivity contribution in [3.8, 4) is 11.8 Å². The molecule has 166 valence electrons. The second kappa shape index (κ2) is 9.34. The number of rotatable bonds is 5. The van der Waals surface area contributed by atoms with Crippen molar-refractivity contribution in [3.63, 3.8) is 0 Å². The highest BCUT2D eigenvalue weighted by Gasteiger charge is 2.39. The molecule has 2 atom stereocenters. The minimum absolute atomic E-state index is 0.0516. The van der Waals surface area contributed by atoms with Gasteiger partial charge in [-0.1, -0.05) is 18.2 Å². The van der Waals surface area contributed by atoms with Crippen LogP contribution in [0.4, 0.5) is 0 Å². The van der Waals surface area contributed by atoms with E-state index in [2.05, 4.69) is 16.3 Å². The second-order valence-electron chi connectivity index (χ2n) is 9.65. The molecule has 2 fully saturated rings. The number of carbonyl (C=O) groups is 1. The Morgan fingerprint density at radius 3 is 2.69 bits per heavy atom. The highest BCUT2D eigenvalue weighted by atomic mass is 16.5. The summed E-state index contributed by atoms with van der Waals surface area (Å²) in [5.74, 6) is 2.77. The third kappa shape index (κ3) is 4.52. The molecule has 3 aliphatic rings. The number of hydrogen-bond donors (Lipinski definition) is 1. The Kier molecular flexibility index (Phi) is 6.14. The van der Waals surface area contributed by atoms with Gasteiger partial charge < -0.3 is 15.0 Å². The molecule has 0 bridgehead atoms. The molecule has 1 saturated carbocycles. The van der Waals surface area contributed by atoms with Crippen LogP contribution in [0.25, 0.3) is 0 Å². The zero-order valence-corrected chi connectivity index (χ0v) is 18.5. The molecule has 1 amide bonds. The maximum absolute atomic E-state index is 12.4. The summed E-state index contributed by atoms with van der Waals surface area (Å²) in [5, 5.41) is 12.5. The van der Waals surface area contributed by atoms with E-state index in [1.165, 1.54) is 24.8 Å². The third-order valence-electron chi connectivity index (χ3n) is 7.58. The molecule has 0 aromatic heterocycles. The fourth-order valence-corrected chi connectivity index (χ4v) is 5.72. The molecule has 0 unspecified atom stereocenters. The van der Waals surface area contributed by atoms with Crippen LogP contribution < -0.4 is 10.1 Å². The van der Waals surface area contributed by atoms with Crippen LogP contribution in [0.15, 0.2) is 48.5 Å². The van der Waals surface area contributed by atoms with Crippen molar-refractivity contribution in [3.05, 3.63) is 65.2 Å². The first-order chi connectivity index (χ1) is 15.7. The molecule has 1 N–H and O–H groups in total. The summed E-state index contributed by atoms with van der Waals surface area (Å²) in [6.45, 7) is 4.07. The average Bonchev–Trinajstić information content (AvgIpc) is 3.27. The van der Waals surface area contributed by atoms with Crippen molar-refractivity contribution >= 4 is 5.91 Å². The van der Waals surface area contributed by atoms with Crippen LogP contribution in [0.1, 0.15) is 59.5 Å². The number of fused-ring (bicyclic) bond motifs is 3. The molecule has 32 heavy (non-hydrogen) atoms. The summed E-state index contributed by atoms with van der Waals surface area (Å²) in [7, 11) is 0. The van der Waals surface area contributed by atoms with E-state index in [-0.39, 0.29) is 5.91 Å². The van der Waals surface area contributed by atoms with Crippen LogP contribution in [0.5, 0.6) is 5.75 Å². The fraction of sp³-hybridized carbons (Fsp3) is 0.481. The molecule has 5 nitrogen and oxygen atoms in total. The maximum atomic E-state index is 12.4. The monoisotopic (exact) mass is 429 g/mol. The Morgan fingerprint density at radius 1 is 1.09 bits per heavy atom. The Bertz CT molecular complexity index is 992. The van der Waals surface area contributed by atoms with Crippen LogP contribution in [-0.2, 0) is 0 Å². The van der Waals surface area contributed by atoms with Crippen LogP contribution in [0, 0.1) is 23.2 Å². The number of hydrogen-bond acceptors (Lipinski definition) is 4. The summed E-state index contributed by atoms with van der Waals surface area (Å²) in [6, 6.07) is 17.9. The number of ether oxygens (including phenoxy) is 1. The van der Waals surface area contributed by atoms with Gasteiger partial charge >= 0.3 is 0 Å². The Labute approximate surface area is 190 Å². The van der Waals surface area contributed by atoms with Gasteiger partial charge in [-0.25, -0.2) is 0 Å². The van der Waals surface area contributed by atoms with E-state index in [0.717, 1.165) is 61.9 Å². The number of nitrogens with zero attached hydrogens (tertiary/aromatic N) is 2. The molecule has 2 heterocycles. The summed E-state index contributed by atoms with van der Waals surface area (Å²) in [4.78, 5) is 15.0. The minimum atomic E-state index is 0.0516. The van der Waals surface area contributed by atoms with E-state index in [1.54, 1.807) is 0 Å². The largest absolute Gasteiger partial charge is 0.493 e. The summed E-state index contributed by atoms with van der Waals surface area (Å²) in [6.07, 6.45) is 5.76.